The summed E-state index contributed by atoms with van der Waals surface area (Å²) in [7, 11) is 8.14. The second-order valence-corrected chi connectivity index (χ2v) is 6.16. The van der Waals surface area contributed by atoms with E-state index in [1.54, 1.807) is 0 Å². The molecule has 0 atom stereocenters. The van der Waals surface area contributed by atoms with E-state index in [9.17, 15) is 0 Å². The van der Waals surface area contributed by atoms with Gasteiger partial charge in [0.05, 0.1) is 0 Å². The van der Waals surface area contributed by atoms with Gasteiger partial charge in [0.2, 0.25) is 0 Å². The summed E-state index contributed by atoms with van der Waals surface area (Å²) in [6.07, 6.45) is 4.12. The molecule has 0 fully saturated rings. The number of nitrogens with one attached hydrogen (secondary N) is 1. The maximum absolute atomic E-state index is 4.34. The monoisotopic (exact) mass is 268 g/mol. The molecule has 0 spiro atoms. The van der Waals surface area contributed by atoms with Crippen LogP contribution in [0, 0.1) is 5.41 Å². The van der Waals surface area contributed by atoms with Gasteiger partial charge in [0.15, 0.2) is 5.96 Å². The lowest BCUT2D eigenvalue weighted by Crippen LogP contribution is -2.45. The van der Waals surface area contributed by atoms with Gasteiger partial charge in [0.1, 0.15) is 0 Å². The zero-order valence-corrected chi connectivity index (χ0v) is 13.7. The van der Waals surface area contributed by atoms with Crippen molar-refractivity contribution >= 4 is 5.96 Å². The van der Waals surface area contributed by atoms with Crippen molar-refractivity contribution < 1.29 is 0 Å². The van der Waals surface area contributed by atoms with Gasteiger partial charge in [0, 0.05) is 33.7 Å². The van der Waals surface area contributed by atoms with E-state index in [4.69, 9.17) is 0 Å². The normalized spacial score (nSPS) is 12.7. The number of guanidine groups is 1. The Morgan fingerprint density at radius 1 is 1.32 bits per heavy atom. The van der Waals surface area contributed by atoms with Gasteiger partial charge in [0.25, 0.3) is 0 Å². The van der Waals surface area contributed by atoms with E-state index in [0.29, 0.717) is 0 Å². The lowest BCUT2D eigenvalue weighted by Gasteiger charge is -2.31. The second-order valence-electron chi connectivity index (χ2n) is 6.16. The minimum atomic E-state index is 0.224. The van der Waals surface area contributed by atoms with E-state index < -0.39 is 0 Å². The summed E-state index contributed by atoms with van der Waals surface area (Å²) < 4.78 is 0. The van der Waals surface area contributed by atoms with Crippen LogP contribution in [0.15, 0.2) is 17.6 Å². The van der Waals surface area contributed by atoms with Gasteiger partial charge in [-0.1, -0.05) is 19.9 Å². The van der Waals surface area contributed by atoms with Gasteiger partial charge in [-0.25, -0.2) is 0 Å². The molecule has 1 N–H and O–H groups in total. The van der Waals surface area contributed by atoms with Crippen LogP contribution in [0.25, 0.3) is 0 Å². The van der Waals surface area contributed by atoms with Gasteiger partial charge >= 0.3 is 0 Å². The third-order valence-corrected chi connectivity index (χ3v) is 2.94. The van der Waals surface area contributed by atoms with Crippen molar-refractivity contribution in [2.75, 3.05) is 47.8 Å². The Hall–Kier alpha value is -1.03. The molecule has 0 aromatic heterocycles. The number of unbranched alkanes of at least 4 members (excludes halogenated alkanes) is 1. The Balaban J connectivity index is 4.22. The number of nitrogens with zero attached hydrogens (tertiary/aromatic N) is 3. The van der Waals surface area contributed by atoms with Crippen LogP contribution in [-0.4, -0.2) is 63.6 Å². The van der Waals surface area contributed by atoms with Crippen LogP contribution in [0.4, 0.5) is 0 Å². The van der Waals surface area contributed by atoms with Crippen molar-refractivity contribution in [3.8, 4) is 0 Å². The molecule has 4 heteroatoms. The van der Waals surface area contributed by atoms with Crippen molar-refractivity contribution in [1.82, 2.24) is 15.1 Å². The van der Waals surface area contributed by atoms with Gasteiger partial charge in [-0.05, 0) is 32.4 Å². The highest BCUT2D eigenvalue weighted by Crippen LogP contribution is 2.14. The van der Waals surface area contributed by atoms with Crippen LogP contribution in [0.1, 0.15) is 26.7 Å². The molecule has 0 aliphatic carbocycles. The smallest absolute Gasteiger partial charge is 0.193 e. The molecule has 19 heavy (non-hydrogen) atoms. The molecule has 0 rings (SSSR count). The molecule has 0 unspecified atom stereocenters. The van der Waals surface area contributed by atoms with Crippen molar-refractivity contribution in [2.24, 2.45) is 10.4 Å². The molecule has 0 aromatic carbocycles. The van der Waals surface area contributed by atoms with Crippen molar-refractivity contribution in [3.63, 3.8) is 0 Å². The van der Waals surface area contributed by atoms with Gasteiger partial charge in [-0.2, -0.15) is 0 Å². The predicted octanol–water partition coefficient (Wildman–Crippen LogP) is 2.05. The van der Waals surface area contributed by atoms with Crippen LogP contribution in [0.2, 0.25) is 0 Å². The molecule has 0 aliphatic rings. The molecular formula is C15H32N4. The Kier molecular flexibility index (Phi) is 8.48. The van der Waals surface area contributed by atoms with E-state index in [1.165, 1.54) is 0 Å². The highest BCUT2D eigenvalue weighted by Gasteiger charge is 2.19. The van der Waals surface area contributed by atoms with Crippen molar-refractivity contribution in [2.45, 2.75) is 26.7 Å². The fraction of sp³-hybridized carbons (Fsp3) is 0.800. The minimum Gasteiger partial charge on any atom is -0.356 e. The molecule has 112 valence electrons. The zero-order chi connectivity index (χ0) is 14.9. The van der Waals surface area contributed by atoms with Crippen molar-refractivity contribution in [3.05, 3.63) is 12.7 Å². The van der Waals surface area contributed by atoms with E-state index >= 15 is 0 Å². The summed E-state index contributed by atoms with van der Waals surface area (Å²) in [5.74, 6) is 0.968. The second kappa shape index (κ2) is 8.97. The zero-order valence-electron chi connectivity index (χ0n) is 13.7. The molecule has 0 saturated heterocycles. The van der Waals surface area contributed by atoms with Crippen LogP contribution in [0.5, 0.6) is 0 Å². The summed E-state index contributed by atoms with van der Waals surface area (Å²) >= 11 is 0. The molecule has 0 saturated carbocycles. The van der Waals surface area contributed by atoms with E-state index in [-0.39, 0.29) is 5.41 Å². The quantitative estimate of drug-likeness (QED) is 0.316. The highest BCUT2D eigenvalue weighted by molar-refractivity contribution is 5.79. The summed E-state index contributed by atoms with van der Waals surface area (Å²) in [5, 5.41) is 3.47. The van der Waals surface area contributed by atoms with Crippen LogP contribution in [0.3, 0.4) is 0 Å². The number of hydrogen-bond donors (Lipinski definition) is 1. The molecule has 0 amide bonds. The standard InChI is InChI=1S/C15H32N4/c1-8-9-10-11-19(7)14(16-4)17-12-15(2,3)13-18(5)6/h8H,1,9-13H2,2-7H3,(H,16,17). The molecule has 4 nitrogen and oxygen atoms in total. The maximum atomic E-state index is 4.34. The van der Waals surface area contributed by atoms with E-state index in [0.717, 1.165) is 38.4 Å². The predicted molar refractivity (Wildman–Crippen MR) is 85.8 cm³/mol. The lowest BCUT2D eigenvalue weighted by molar-refractivity contribution is 0.239. The molecule has 0 radical (unpaired) electrons. The molecule has 0 heterocycles. The molecule has 0 aromatic rings. The Morgan fingerprint density at radius 3 is 2.42 bits per heavy atom. The maximum Gasteiger partial charge on any atom is 0.193 e. The largest absolute Gasteiger partial charge is 0.356 e. The highest BCUT2D eigenvalue weighted by atomic mass is 15.3. The molecular weight excluding hydrogens is 236 g/mol. The molecule has 0 aliphatic heterocycles. The first-order chi connectivity index (χ1) is 8.82. The summed E-state index contributed by atoms with van der Waals surface area (Å²) in [6, 6.07) is 0. The Bertz CT molecular complexity index is 282. The third-order valence-electron chi connectivity index (χ3n) is 2.94. The van der Waals surface area contributed by atoms with E-state index in [2.05, 4.69) is 61.7 Å². The van der Waals surface area contributed by atoms with Gasteiger partial charge in [-0.15, -0.1) is 6.58 Å². The first kappa shape index (κ1) is 18.0. The van der Waals surface area contributed by atoms with E-state index in [1.807, 2.05) is 13.1 Å². The van der Waals surface area contributed by atoms with Crippen LogP contribution in [-0.2, 0) is 0 Å². The van der Waals surface area contributed by atoms with Crippen LogP contribution < -0.4 is 5.32 Å². The first-order valence-electron chi connectivity index (χ1n) is 7.00. The van der Waals surface area contributed by atoms with Crippen LogP contribution >= 0.6 is 0 Å². The SMILES string of the molecule is C=CCCCN(C)C(=NC)NCC(C)(C)CN(C)C. The topological polar surface area (TPSA) is 30.9 Å². The third kappa shape index (κ3) is 8.65. The number of hydrogen-bond acceptors (Lipinski definition) is 2. The fourth-order valence-electron chi connectivity index (χ4n) is 2.19. The minimum absolute atomic E-state index is 0.224. The number of rotatable bonds is 8. The summed E-state index contributed by atoms with van der Waals surface area (Å²) in [4.78, 5) is 8.74. The van der Waals surface area contributed by atoms with Gasteiger partial charge < -0.3 is 15.1 Å². The van der Waals surface area contributed by atoms with Gasteiger partial charge in [-0.3, -0.25) is 4.99 Å². The Morgan fingerprint density at radius 2 is 1.95 bits per heavy atom. The fourth-order valence-corrected chi connectivity index (χ4v) is 2.19. The number of aliphatic imine (C=N–C) groups is 1. The average molecular weight is 268 g/mol. The summed E-state index contributed by atoms with van der Waals surface area (Å²) in [6.45, 7) is 11.3. The van der Waals surface area contributed by atoms with Crippen molar-refractivity contribution in [1.29, 1.82) is 0 Å². The lowest BCUT2D eigenvalue weighted by atomic mass is 9.93. The first-order valence-corrected chi connectivity index (χ1v) is 7.00. The number of allylic oxidation sites excluding steroid dienone is 1. The molecule has 0 bridgehead atoms. The average Bonchev–Trinajstić information content (AvgIpc) is 2.28. The Labute approximate surface area is 119 Å². The summed E-state index contributed by atoms with van der Waals surface area (Å²) in [5.41, 5.74) is 0.224.